The maximum absolute atomic E-state index is 15.1. The summed E-state index contributed by atoms with van der Waals surface area (Å²) in [5.74, 6) is -3.48. The van der Waals surface area contributed by atoms with Crippen molar-refractivity contribution in [2.24, 2.45) is 11.7 Å². The van der Waals surface area contributed by atoms with Gasteiger partial charge in [0.1, 0.15) is 30.0 Å². The van der Waals surface area contributed by atoms with Crippen LogP contribution in [0.15, 0.2) is 109 Å². The fourth-order valence-electron chi connectivity index (χ4n) is 13.2. The molecule has 11 rings (SSSR count). The molecule has 96 heavy (non-hydrogen) atoms. The van der Waals surface area contributed by atoms with Crippen LogP contribution in [0.3, 0.4) is 0 Å². The summed E-state index contributed by atoms with van der Waals surface area (Å²) in [5.41, 5.74) is 9.48. The van der Waals surface area contributed by atoms with Crippen molar-refractivity contribution >= 4 is 76.6 Å². The molecule has 28 heteroatoms. The monoisotopic (exact) mass is 1310 g/mol. The number of piperazine rings is 1. The number of anilines is 3. The van der Waals surface area contributed by atoms with Gasteiger partial charge in [-0.3, -0.25) is 58.4 Å². The molecule has 0 saturated carbocycles. The zero-order chi connectivity index (χ0) is 67.8. The number of ether oxygens (including phenoxy) is 2. The Morgan fingerprint density at radius 3 is 2.30 bits per heavy atom. The minimum Gasteiger partial charge on any atom is -0.507 e. The van der Waals surface area contributed by atoms with E-state index in [1.54, 1.807) is 79.5 Å². The van der Waals surface area contributed by atoms with Gasteiger partial charge in [0.2, 0.25) is 41.6 Å². The third kappa shape index (κ3) is 15.5. The van der Waals surface area contributed by atoms with Gasteiger partial charge < -0.3 is 56.3 Å². The topological polar surface area (TPSA) is 354 Å². The van der Waals surface area contributed by atoms with Gasteiger partial charge in [0.25, 0.3) is 17.7 Å². The number of hydrogen-bond acceptors (Lipinski definition) is 19. The summed E-state index contributed by atoms with van der Waals surface area (Å²) < 4.78 is 12.9. The fourth-order valence-corrected chi connectivity index (χ4v) is 13.2. The summed E-state index contributed by atoms with van der Waals surface area (Å²) >= 11 is 0. The zero-order valence-electron chi connectivity index (χ0n) is 53.7. The minimum absolute atomic E-state index is 0.0180. The summed E-state index contributed by atoms with van der Waals surface area (Å²) in [7, 11) is 0. The van der Waals surface area contributed by atoms with E-state index < -0.39 is 77.7 Å². The van der Waals surface area contributed by atoms with E-state index in [-0.39, 0.29) is 80.5 Å². The van der Waals surface area contributed by atoms with Crippen molar-refractivity contribution in [3.05, 3.63) is 132 Å². The minimum atomic E-state index is -1.44. The van der Waals surface area contributed by atoms with E-state index in [9.17, 15) is 48.3 Å². The highest BCUT2D eigenvalue weighted by molar-refractivity contribution is 6.13. The Balaban J connectivity index is 0.742. The molecule has 2 aromatic heterocycles. The Bertz CT molecular complexity index is 3810. The molecule has 0 bridgehead atoms. The standard InChI is InChI=1S/C68H79N15O13/c1-41(2)59(73-54(85)18-8-5-11-28-80-57(87)25-26-58(80)88)63(91)72-49(16-12-27-70-66(69)93)61(89)75-64(43-13-6-4-7-14-43)96-67(94)82-40-68(3)35-46(39-83(68)52-34-50(76-77-60(52)82)47-15-9-10-17-53(47)84)95-56-24-19-42(36-71-56)37-78-29-31-79(32-30-78)45-21-20-44-38-81(65(92)48(44)33-45)51-22-23-55(86)74-62(51)90/h4,6-7,9-10,13-15,17,19-21,24-26,33-34,36,41,46,49,51,59,64,84H,5,8,11-12,16,18,22-23,27-32,35,37-40H2,1-3H3,(H,72,91)(H,73,85)(H,75,89)(H3,69,70,93)(H,74,86,90)/t46-,49+,51+,59+,64?,68+/m1/s1. The molecule has 5 aromatic rings. The number of hydrogen-bond donors (Lipinski definition) is 7. The molecule has 0 aliphatic carbocycles. The molecule has 28 nitrogen and oxygen atoms in total. The van der Waals surface area contributed by atoms with Crippen molar-refractivity contribution in [2.75, 3.05) is 67.1 Å². The van der Waals surface area contributed by atoms with Crippen molar-refractivity contribution < 1.29 is 62.5 Å². The summed E-state index contributed by atoms with van der Waals surface area (Å²) in [4.78, 5) is 146. The molecule has 0 spiro atoms. The van der Waals surface area contributed by atoms with Crippen LogP contribution in [0.5, 0.6) is 11.6 Å². The van der Waals surface area contributed by atoms with Gasteiger partial charge in [0.15, 0.2) is 5.82 Å². The summed E-state index contributed by atoms with van der Waals surface area (Å²) in [6, 6.07) is 22.8. The number of nitrogens with one attached hydrogen (secondary N) is 5. The highest BCUT2D eigenvalue weighted by Crippen LogP contribution is 2.46. The second kappa shape index (κ2) is 29.4. The predicted molar refractivity (Wildman–Crippen MR) is 349 cm³/mol. The number of unbranched alkanes of at least 4 members (excludes halogenated alkanes) is 2. The first-order chi connectivity index (χ1) is 46.2. The Morgan fingerprint density at radius 2 is 1.58 bits per heavy atom. The van der Waals surface area contributed by atoms with Gasteiger partial charge >= 0.3 is 12.1 Å². The van der Waals surface area contributed by atoms with Crippen LogP contribution in [0.25, 0.3) is 11.3 Å². The fraction of sp³-hybridized carbons (Fsp3) is 0.426. The van der Waals surface area contributed by atoms with Crippen molar-refractivity contribution in [2.45, 2.75) is 128 Å². The lowest BCUT2D eigenvalue weighted by Gasteiger charge is -2.45. The van der Waals surface area contributed by atoms with E-state index in [1.807, 2.05) is 37.3 Å². The number of urea groups is 1. The van der Waals surface area contributed by atoms with E-state index in [0.717, 1.165) is 47.9 Å². The highest BCUT2D eigenvalue weighted by atomic mass is 16.6. The molecule has 3 fully saturated rings. The van der Waals surface area contributed by atoms with Crippen LogP contribution in [0.1, 0.15) is 112 Å². The van der Waals surface area contributed by atoms with E-state index >= 15 is 4.79 Å². The van der Waals surface area contributed by atoms with Gasteiger partial charge in [-0.05, 0) is 86.4 Å². The number of amides is 11. The second-order valence-corrected chi connectivity index (χ2v) is 25.5. The number of phenols is 1. The van der Waals surface area contributed by atoms with Gasteiger partial charge in [-0.2, -0.15) is 0 Å². The number of phenolic OH excluding ortho intramolecular Hbond substituents is 1. The number of nitrogens with two attached hydrogens (primary N) is 1. The molecule has 6 aliphatic heterocycles. The van der Waals surface area contributed by atoms with Crippen LogP contribution in [-0.4, -0.2) is 176 Å². The average Bonchev–Trinajstić information content (AvgIpc) is 1.47. The Labute approximate surface area is 554 Å². The summed E-state index contributed by atoms with van der Waals surface area (Å²) in [6.07, 6.45) is 4.00. The Kier molecular flexibility index (Phi) is 20.5. The lowest BCUT2D eigenvalue weighted by Crippen LogP contribution is -2.57. The predicted octanol–water partition coefficient (Wildman–Crippen LogP) is 4.07. The molecule has 11 amide bonds. The van der Waals surface area contributed by atoms with E-state index in [1.165, 1.54) is 23.1 Å². The molecule has 8 N–H and O–H groups in total. The van der Waals surface area contributed by atoms with Gasteiger partial charge in [-0.15, -0.1) is 10.2 Å². The van der Waals surface area contributed by atoms with Gasteiger partial charge in [-0.1, -0.05) is 74.9 Å². The quantitative estimate of drug-likeness (QED) is 0.0246. The highest BCUT2D eigenvalue weighted by Gasteiger charge is 2.51. The largest absolute Gasteiger partial charge is 0.507 e. The molecular weight excluding hydrogens is 1230 g/mol. The number of imide groups is 2. The Hall–Kier alpha value is -10.5. The molecule has 0 radical (unpaired) electrons. The molecule has 3 saturated heterocycles. The number of para-hydroxylation sites is 1. The molecular formula is C68H79N15O13. The van der Waals surface area contributed by atoms with Gasteiger partial charge in [0, 0.05) is 118 Å². The first kappa shape index (κ1) is 66.9. The number of rotatable bonds is 25. The number of pyridine rings is 1. The lowest BCUT2D eigenvalue weighted by molar-refractivity contribution is -0.138. The van der Waals surface area contributed by atoms with Crippen molar-refractivity contribution in [3.63, 3.8) is 0 Å². The molecule has 1 unspecified atom stereocenters. The third-order valence-corrected chi connectivity index (χ3v) is 18.3. The maximum Gasteiger partial charge on any atom is 0.417 e. The van der Waals surface area contributed by atoms with Crippen LogP contribution in [0, 0.1) is 5.92 Å². The molecule has 6 aliphatic rings. The van der Waals surface area contributed by atoms with Crippen LogP contribution in [-0.2, 0) is 51.4 Å². The average molecular weight is 1310 g/mol. The normalized spacial score (nSPS) is 20.1. The zero-order valence-corrected chi connectivity index (χ0v) is 53.7. The molecule has 8 heterocycles. The molecule has 504 valence electrons. The van der Waals surface area contributed by atoms with E-state index in [2.05, 4.69) is 51.5 Å². The van der Waals surface area contributed by atoms with Gasteiger partial charge in [0.05, 0.1) is 30.0 Å². The smallest absolute Gasteiger partial charge is 0.417 e. The van der Waals surface area contributed by atoms with Crippen molar-refractivity contribution in [3.8, 4) is 22.9 Å². The van der Waals surface area contributed by atoms with Crippen LogP contribution >= 0.6 is 0 Å². The van der Waals surface area contributed by atoms with Crippen LogP contribution in [0.4, 0.5) is 26.8 Å². The second-order valence-electron chi connectivity index (χ2n) is 25.5. The number of primary amides is 1. The number of carbonyl (C=O) groups is 10. The first-order valence-electron chi connectivity index (χ1n) is 32.5. The number of carbonyl (C=O) groups excluding carboxylic acids is 10. The molecule has 3 aromatic carbocycles. The SMILES string of the molecule is CC(C)[C@H](NC(=O)CCCCCN1C(=O)C=CC1=O)C(=O)N[C@@H](CCCNC(N)=O)C(=O)NC(OC(=O)N1C[C@]2(C)C[C@@H](Oc3ccc(CN4CCN(c5ccc6c(c5)C(=O)N([C@H]5CCC(=O)NC5=O)C6)CC4)cn3)CN2c2cc(-c3ccccc3O)nnc21)c1ccccc1. The molecule has 6 atom stereocenters. The Morgan fingerprint density at radius 1 is 0.823 bits per heavy atom. The number of piperidine rings is 1. The van der Waals surface area contributed by atoms with Gasteiger partial charge in [-0.25, -0.2) is 14.6 Å². The number of aromatic nitrogens is 3. The van der Waals surface area contributed by atoms with Crippen molar-refractivity contribution in [1.82, 2.24) is 56.5 Å². The van der Waals surface area contributed by atoms with Crippen molar-refractivity contribution in [1.29, 1.82) is 0 Å². The number of fused-ring (bicyclic) bond motifs is 4. The van der Waals surface area contributed by atoms with E-state index in [4.69, 9.17) is 20.2 Å². The lowest BCUT2D eigenvalue weighted by atomic mass is 9.94. The number of nitrogens with zero attached hydrogens (tertiary/aromatic N) is 9. The third-order valence-electron chi connectivity index (χ3n) is 18.3. The summed E-state index contributed by atoms with van der Waals surface area (Å²) in [5, 5.41) is 33.3. The first-order valence-corrected chi connectivity index (χ1v) is 32.5. The maximum atomic E-state index is 15.1. The van der Waals surface area contributed by atoms with Crippen LogP contribution in [0.2, 0.25) is 0 Å². The number of benzene rings is 3. The van der Waals surface area contributed by atoms with E-state index in [0.29, 0.717) is 85.7 Å². The summed E-state index contributed by atoms with van der Waals surface area (Å²) in [6.45, 7) is 10.1. The van der Waals surface area contributed by atoms with Crippen LogP contribution < -0.4 is 51.8 Å². The number of aromatic hydroxyl groups is 1.